The third kappa shape index (κ3) is 3.11. The Kier molecular flexibility index (Phi) is 3.86. The number of pyridine rings is 1. The SMILES string of the molecule is CC(C)NC(c1ccc(F)cn1)c1cccs1. The van der Waals surface area contributed by atoms with Crippen LogP contribution in [0.5, 0.6) is 0 Å². The fourth-order valence-electron chi connectivity index (χ4n) is 1.66. The fourth-order valence-corrected chi connectivity index (χ4v) is 2.46. The Morgan fingerprint density at radius 2 is 2.12 bits per heavy atom. The van der Waals surface area contributed by atoms with Crippen LogP contribution in [0.1, 0.15) is 30.5 Å². The van der Waals surface area contributed by atoms with Crippen LogP contribution in [0.3, 0.4) is 0 Å². The second kappa shape index (κ2) is 5.38. The monoisotopic (exact) mass is 250 g/mol. The van der Waals surface area contributed by atoms with Crippen LogP contribution in [-0.2, 0) is 0 Å². The highest BCUT2D eigenvalue weighted by Crippen LogP contribution is 2.25. The molecule has 0 spiro atoms. The number of rotatable bonds is 4. The highest BCUT2D eigenvalue weighted by molar-refractivity contribution is 7.10. The van der Waals surface area contributed by atoms with Gasteiger partial charge in [0.15, 0.2) is 0 Å². The van der Waals surface area contributed by atoms with Crippen LogP contribution in [0.2, 0.25) is 0 Å². The van der Waals surface area contributed by atoms with E-state index < -0.39 is 0 Å². The minimum atomic E-state index is -0.303. The summed E-state index contributed by atoms with van der Waals surface area (Å²) in [5.41, 5.74) is 0.850. The van der Waals surface area contributed by atoms with E-state index in [1.54, 1.807) is 17.4 Å². The van der Waals surface area contributed by atoms with Crippen LogP contribution >= 0.6 is 11.3 Å². The lowest BCUT2D eigenvalue weighted by Gasteiger charge is -2.19. The van der Waals surface area contributed by atoms with E-state index in [1.807, 2.05) is 11.4 Å². The topological polar surface area (TPSA) is 24.9 Å². The summed E-state index contributed by atoms with van der Waals surface area (Å²) in [6.07, 6.45) is 1.26. The molecule has 0 saturated carbocycles. The zero-order chi connectivity index (χ0) is 12.3. The normalized spacial score (nSPS) is 12.9. The molecule has 2 aromatic heterocycles. The van der Waals surface area contributed by atoms with Crippen molar-refractivity contribution in [3.05, 3.63) is 52.2 Å². The van der Waals surface area contributed by atoms with Crippen molar-refractivity contribution >= 4 is 11.3 Å². The Bertz CT molecular complexity index is 451. The first-order chi connectivity index (χ1) is 8.16. The third-order valence-corrected chi connectivity index (χ3v) is 3.31. The van der Waals surface area contributed by atoms with Gasteiger partial charge in [0.05, 0.1) is 17.9 Å². The Balaban J connectivity index is 2.30. The predicted molar refractivity (Wildman–Crippen MR) is 68.6 cm³/mol. The summed E-state index contributed by atoms with van der Waals surface area (Å²) < 4.78 is 12.9. The molecule has 0 bridgehead atoms. The lowest BCUT2D eigenvalue weighted by molar-refractivity contribution is 0.522. The van der Waals surface area contributed by atoms with Crippen molar-refractivity contribution in [3.63, 3.8) is 0 Å². The molecular formula is C13H15FN2S. The van der Waals surface area contributed by atoms with Gasteiger partial charge < -0.3 is 5.32 Å². The molecular weight excluding hydrogens is 235 g/mol. The molecule has 0 fully saturated rings. The number of hydrogen-bond acceptors (Lipinski definition) is 3. The van der Waals surface area contributed by atoms with Crippen molar-refractivity contribution in [1.82, 2.24) is 10.3 Å². The van der Waals surface area contributed by atoms with Gasteiger partial charge in [0.2, 0.25) is 0 Å². The van der Waals surface area contributed by atoms with Gasteiger partial charge in [-0.1, -0.05) is 6.07 Å². The van der Waals surface area contributed by atoms with Crippen molar-refractivity contribution in [2.75, 3.05) is 0 Å². The van der Waals surface area contributed by atoms with Gasteiger partial charge in [0.1, 0.15) is 5.82 Å². The van der Waals surface area contributed by atoms with Crippen LogP contribution < -0.4 is 5.32 Å². The first kappa shape index (κ1) is 12.2. The van der Waals surface area contributed by atoms with E-state index in [0.717, 1.165) is 5.69 Å². The van der Waals surface area contributed by atoms with Crippen molar-refractivity contribution in [3.8, 4) is 0 Å². The second-order valence-corrected chi connectivity index (χ2v) is 5.15. The van der Waals surface area contributed by atoms with E-state index in [0.29, 0.717) is 6.04 Å². The molecule has 0 aliphatic rings. The van der Waals surface area contributed by atoms with Gasteiger partial charge in [-0.15, -0.1) is 11.3 Å². The van der Waals surface area contributed by atoms with Gasteiger partial charge in [-0.05, 0) is 37.4 Å². The molecule has 0 aliphatic carbocycles. The second-order valence-electron chi connectivity index (χ2n) is 4.17. The van der Waals surface area contributed by atoms with Crippen molar-refractivity contribution in [2.45, 2.75) is 25.9 Å². The molecule has 2 aromatic rings. The first-order valence-corrected chi connectivity index (χ1v) is 6.45. The number of halogens is 1. The van der Waals surface area contributed by atoms with Crippen molar-refractivity contribution in [1.29, 1.82) is 0 Å². The van der Waals surface area contributed by atoms with Crippen LogP contribution in [0.15, 0.2) is 35.8 Å². The van der Waals surface area contributed by atoms with E-state index in [4.69, 9.17) is 0 Å². The summed E-state index contributed by atoms with van der Waals surface area (Å²) in [7, 11) is 0. The summed E-state index contributed by atoms with van der Waals surface area (Å²) in [5.74, 6) is -0.303. The highest BCUT2D eigenvalue weighted by atomic mass is 32.1. The number of hydrogen-bond donors (Lipinski definition) is 1. The van der Waals surface area contributed by atoms with Gasteiger partial charge in [-0.3, -0.25) is 4.98 Å². The maximum atomic E-state index is 12.9. The molecule has 4 heteroatoms. The summed E-state index contributed by atoms with van der Waals surface area (Å²) in [5, 5.41) is 5.48. The van der Waals surface area contributed by atoms with E-state index in [-0.39, 0.29) is 11.9 Å². The van der Waals surface area contributed by atoms with Gasteiger partial charge >= 0.3 is 0 Å². The molecule has 90 valence electrons. The van der Waals surface area contributed by atoms with Gasteiger partial charge in [0, 0.05) is 10.9 Å². The summed E-state index contributed by atoms with van der Waals surface area (Å²) >= 11 is 1.68. The molecule has 1 unspecified atom stereocenters. The Hall–Kier alpha value is -1.26. The fraction of sp³-hybridized carbons (Fsp3) is 0.308. The lowest BCUT2D eigenvalue weighted by atomic mass is 10.1. The average Bonchev–Trinajstić information content (AvgIpc) is 2.80. The van der Waals surface area contributed by atoms with E-state index in [9.17, 15) is 4.39 Å². The molecule has 0 radical (unpaired) electrons. The largest absolute Gasteiger partial charge is 0.302 e. The molecule has 0 amide bonds. The minimum absolute atomic E-state index is 0.0376. The smallest absolute Gasteiger partial charge is 0.141 e. The van der Waals surface area contributed by atoms with E-state index >= 15 is 0 Å². The highest BCUT2D eigenvalue weighted by Gasteiger charge is 2.17. The van der Waals surface area contributed by atoms with Crippen LogP contribution in [0.25, 0.3) is 0 Å². The van der Waals surface area contributed by atoms with Crippen LogP contribution in [0.4, 0.5) is 4.39 Å². The molecule has 2 nitrogen and oxygen atoms in total. The van der Waals surface area contributed by atoms with Gasteiger partial charge in [-0.25, -0.2) is 4.39 Å². The Morgan fingerprint density at radius 1 is 1.29 bits per heavy atom. The number of thiophene rings is 1. The Labute approximate surface area is 105 Å². The van der Waals surface area contributed by atoms with Crippen LogP contribution in [0, 0.1) is 5.82 Å². The van der Waals surface area contributed by atoms with Crippen molar-refractivity contribution < 1.29 is 4.39 Å². The predicted octanol–water partition coefficient (Wildman–Crippen LogP) is 3.37. The molecule has 0 saturated heterocycles. The maximum absolute atomic E-state index is 12.9. The molecule has 1 atom stereocenters. The average molecular weight is 250 g/mol. The quantitative estimate of drug-likeness (QED) is 0.900. The maximum Gasteiger partial charge on any atom is 0.141 e. The van der Waals surface area contributed by atoms with E-state index in [1.165, 1.54) is 17.1 Å². The summed E-state index contributed by atoms with van der Waals surface area (Å²) in [6.45, 7) is 4.17. The minimum Gasteiger partial charge on any atom is -0.302 e. The molecule has 2 heterocycles. The zero-order valence-corrected chi connectivity index (χ0v) is 10.7. The molecule has 1 N–H and O–H groups in total. The summed E-state index contributed by atoms with van der Waals surface area (Å²) in [4.78, 5) is 5.35. The molecule has 2 rings (SSSR count). The molecule has 0 aromatic carbocycles. The summed E-state index contributed by atoms with van der Waals surface area (Å²) in [6, 6.07) is 7.64. The van der Waals surface area contributed by atoms with Crippen LogP contribution in [-0.4, -0.2) is 11.0 Å². The third-order valence-electron chi connectivity index (χ3n) is 2.37. The first-order valence-electron chi connectivity index (χ1n) is 5.57. The Morgan fingerprint density at radius 3 is 2.65 bits per heavy atom. The lowest BCUT2D eigenvalue weighted by Crippen LogP contribution is -2.29. The van der Waals surface area contributed by atoms with Gasteiger partial charge in [0.25, 0.3) is 0 Å². The number of aromatic nitrogens is 1. The molecule has 0 aliphatic heterocycles. The standard InChI is InChI=1S/C13H15FN2S/c1-9(2)16-13(12-4-3-7-17-12)11-6-5-10(14)8-15-11/h3-9,13,16H,1-2H3. The van der Waals surface area contributed by atoms with E-state index in [2.05, 4.69) is 30.2 Å². The van der Waals surface area contributed by atoms with Gasteiger partial charge in [-0.2, -0.15) is 0 Å². The zero-order valence-electron chi connectivity index (χ0n) is 9.85. The molecule has 17 heavy (non-hydrogen) atoms. The number of nitrogens with zero attached hydrogens (tertiary/aromatic N) is 1. The number of nitrogens with one attached hydrogen (secondary N) is 1. The van der Waals surface area contributed by atoms with Crippen molar-refractivity contribution in [2.24, 2.45) is 0 Å².